The molecule has 172 valence electrons. The minimum atomic E-state index is -4.50. The summed E-state index contributed by atoms with van der Waals surface area (Å²) in [6, 6.07) is 11.5. The van der Waals surface area contributed by atoms with Gasteiger partial charge in [-0.25, -0.2) is 9.48 Å². The molecule has 0 aliphatic heterocycles. The van der Waals surface area contributed by atoms with E-state index in [9.17, 15) is 18.0 Å². The Kier molecular flexibility index (Phi) is 5.79. The fourth-order valence-corrected chi connectivity index (χ4v) is 3.49. The third-order valence-corrected chi connectivity index (χ3v) is 5.25. The largest absolute Gasteiger partial charge is 0.489 e. The van der Waals surface area contributed by atoms with Gasteiger partial charge in [0.15, 0.2) is 5.69 Å². The zero-order chi connectivity index (χ0) is 23.8. The molecule has 2 aromatic carbocycles. The molecule has 0 aliphatic carbocycles. The van der Waals surface area contributed by atoms with Crippen molar-refractivity contribution in [3.63, 3.8) is 0 Å². The minimum absolute atomic E-state index is 0.169. The Morgan fingerprint density at radius 2 is 1.88 bits per heavy atom. The molecule has 0 spiro atoms. The van der Waals surface area contributed by atoms with Crippen LogP contribution in [0.1, 0.15) is 29.3 Å². The molecule has 2 aromatic heterocycles. The summed E-state index contributed by atoms with van der Waals surface area (Å²) in [5.74, 6) is 0.560. The van der Waals surface area contributed by atoms with Crippen LogP contribution in [-0.2, 0) is 26.3 Å². The van der Waals surface area contributed by atoms with Gasteiger partial charge in [-0.05, 0) is 65.2 Å². The van der Waals surface area contributed by atoms with Crippen LogP contribution in [0.25, 0.3) is 11.4 Å². The van der Waals surface area contributed by atoms with Crippen LogP contribution in [0, 0.1) is 6.92 Å². The van der Waals surface area contributed by atoms with Gasteiger partial charge in [-0.15, -0.1) is 0 Å². The van der Waals surface area contributed by atoms with E-state index in [2.05, 4.69) is 15.5 Å². The number of hydrogen-bond donors (Lipinski definition) is 0. The van der Waals surface area contributed by atoms with E-state index in [1.165, 1.54) is 22.6 Å². The molecular formula is C22H21F3N6O2. The van der Waals surface area contributed by atoms with E-state index in [4.69, 9.17) is 4.74 Å². The Labute approximate surface area is 186 Å². The van der Waals surface area contributed by atoms with Crippen molar-refractivity contribution in [1.29, 1.82) is 0 Å². The summed E-state index contributed by atoms with van der Waals surface area (Å²) in [6.07, 6.45) is -2.51. The molecule has 0 atom stereocenters. The fraction of sp³-hybridized carbons (Fsp3) is 0.273. The Morgan fingerprint density at radius 3 is 2.48 bits per heavy atom. The first kappa shape index (κ1) is 22.3. The SMILES string of the molecule is CCc1cccc(-n2nnn(C)c2=O)c1COc1ccc(-n2ccc(C(F)(F)F)n2)cc1C. The normalized spacial score (nSPS) is 11.7. The summed E-state index contributed by atoms with van der Waals surface area (Å²) < 4.78 is 48.1. The van der Waals surface area contributed by atoms with Gasteiger partial charge >= 0.3 is 11.9 Å². The minimum Gasteiger partial charge on any atom is -0.489 e. The second-order valence-corrected chi connectivity index (χ2v) is 7.45. The van der Waals surface area contributed by atoms with Crippen LogP contribution >= 0.6 is 0 Å². The van der Waals surface area contributed by atoms with Crippen LogP contribution in [0.3, 0.4) is 0 Å². The topological polar surface area (TPSA) is 79.8 Å². The zero-order valence-corrected chi connectivity index (χ0v) is 18.2. The molecule has 2 heterocycles. The third-order valence-electron chi connectivity index (χ3n) is 5.25. The number of nitrogens with zero attached hydrogens (tertiary/aromatic N) is 6. The maximum absolute atomic E-state index is 12.8. The molecule has 4 rings (SSSR count). The van der Waals surface area contributed by atoms with Gasteiger partial charge in [-0.2, -0.15) is 27.6 Å². The molecular weight excluding hydrogens is 437 g/mol. The Morgan fingerprint density at radius 1 is 1.09 bits per heavy atom. The standard InChI is InChI=1S/C22H21F3N6O2/c1-4-15-6-5-7-18(31-21(32)29(3)27-28-31)17(15)13-33-19-9-8-16(12-14(19)2)30-11-10-20(26-30)22(23,24)25/h5-12H,4,13H2,1-3H3. The lowest BCUT2D eigenvalue weighted by Gasteiger charge is -2.16. The third kappa shape index (κ3) is 4.38. The molecule has 8 nitrogen and oxygen atoms in total. The maximum atomic E-state index is 12.8. The lowest BCUT2D eigenvalue weighted by molar-refractivity contribution is -0.141. The van der Waals surface area contributed by atoms with E-state index in [0.29, 0.717) is 17.1 Å². The first-order valence-corrected chi connectivity index (χ1v) is 10.2. The second-order valence-electron chi connectivity index (χ2n) is 7.45. The summed E-state index contributed by atoms with van der Waals surface area (Å²) in [5, 5.41) is 11.3. The highest BCUT2D eigenvalue weighted by molar-refractivity contribution is 5.47. The average Bonchev–Trinajstić information content (AvgIpc) is 3.40. The monoisotopic (exact) mass is 458 g/mol. The molecule has 0 unspecified atom stereocenters. The van der Waals surface area contributed by atoms with Crippen molar-refractivity contribution in [1.82, 2.24) is 29.6 Å². The van der Waals surface area contributed by atoms with Crippen molar-refractivity contribution in [2.75, 3.05) is 0 Å². The Balaban J connectivity index is 1.61. The van der Waals surface area contributed by atoms with Gasteiger partial charge in [0.1, 0.15) is 12.4 Å². The highest BCUT2D eigenvalue weighted by atomic mass is 19.4. The Hall–Kier alpha value is -3.89. The summed E-state index contributed by atoms with van der Waals surface area (Å²) in [6.45, 7) is 3.97. The van der Waals surface area contributed by atoms with Crippen molar-refractivity contribution in [3.8, 4) is 17.1 Å². The van der Waals surface area contributed by atoms with Crippen molar-refractivity contribution in [2.45, 2.75) is 33.1 Å². The van der Waals surface area contributed by atoms with E-state index < -0.39 is 11.9 Å². The van der Waals surface area contributed by atoms with Crippen molar-refractivity contribution < 1.29 is 17.9 Å². The van der Waals surface area contributed by atoms with Crippen molar-refractivity contribution >= 4 is 0 Å². The molecule has 0 saturated carbocycles. The predicted octanol–water partition coefficient (Wildman–Crippen LogP) is 3.62. The van der Waals surface area contributed by atoms with E-state index in [1.54, 1.807) is 31.2 Å². The number of aryl methyl sites for hydroxylation is 3. The molecule has 0 amide bonds. The van der Waals surface area contributed by atoms with Crippen LogP contribution in [0.2, 0.25) is 0 Å². The molecule has 0 bridgehead atoms. The first-order valence-electron chi connectivity index (χ1n) is 10.2. The summed E-state index contributed by atoms with van der Waals surface area (Å²) >= 11 is 0. The molecule has 0 N–H and O–H groups in total. The number of rotatable bonds is 6. The van der Waals surface area contributed by atoms with Crippen LogP contribution in [-0.4, -0.2) is 29.6 Å². The van der Waals surface area contributed by atoms with Crippen LogP contribution in [0.5, 0.6) is 5.75 Å². The van der Waals surface area contributed by atoms with E-state index >= 15 is 0 Å². The summed E-state index contributed by atoms with van der Waals surface area (Å²) in [4.78, 5) is 12.4. The number of hydrogen-bond acceptors (Lipinski definition) is 5. The summed E-state index contributed by atoms with van der Waals surface area (Å²) in [7, 11) is 1.52. The number of halogens is 3. The number of ether oxygens (including phenoxy) is 1. The van der Waals surface area contributed by atoms with E-state index in [-0.39, 0.29) is 12.3 Å². The number of alkyl halides is 3. The summed E-state index contributed by atoms with van der Waals surface area (Å²) in [5.41, 5.74) is 2.26. The van der Waals surface area contributed by atoms with Gasteiger partial charge < -0.3 is 4.74 Å². The van der Waals surface area contributed by atoms with Gasteiger partial charge in [0.05, 0.1) is 11.4 Å². The molecule has 4 aromatic rings. The van der Waals surface area contributed by atoms with Crippen LogP contribution in [0.15, 0.2) is 53.5 Å². The molecule has 0 fully saturated rings. The average molecular weight is 458 g/mol. The van der Waals surface area contributed by atoms with Gasteiger partial charge in [-0.1, -0.05) is 19.1 Å². The van der Waals surface area contributed by atoms with Crippen LogP contribution in [0.4, 0.5) is 13.2 Å². The van der Waals surface area contributed by atoms with E-state index in [1.807, 2.05) is 19.1 Å². The zero-order valence-electron chi connectivity index (χ0n) is 18.2. The van der Waals surface area contributed by atoms with Crippen molar-refractivity contribution in [3.05, 3.63) is 81.5 Å². The van der Waals surface area contributed by atoms with Gasteiger partial charge in [0.2, 0.25) is 0 Å². The van der Waals surface area contributed by atoms with Crippen LogP contribution < -0.4 is 10.4 Å². The van der Waals surface area contributed by atoms with Gasteiger partial charge in [0, 0.05) is 18.8 Å². The fourth-order valence-electron chi connectivity index (χ4n) is 3.49. The lowest BCUT2D eigenvalue weighted by Crippen LogP contribution is -2.23. The highest BCUT2D eigenvalue weighted by Crippen LogP contribution is 2.29. The van der Waals surface area contributed by atoms with Gasteiger partial charge in [-0.3, -0.25) is 0 Å². The van der Waals surface area contributed by atoms with Gasteiger partial charge in [0.25, 0.3) is 0 Å². The number of aromatic nitrogens is 6. The smallest absolute Gasteiger partial charge is 0.435 e. The number of tetrazole rings is 1. The Bertz CT molecular complexity index is 1350. The molecule has 0 aliphatic rings. The molecule has 11 heteroatoms. The predicted molar refractivity (Wildman–Crippen MR) is 114 cm³/mol. The first-order chi connectivity index (χ1) is 15.7. The quantitative estimate of drug-likeness (QED) is 0.441. The molecule has 0 radical (unpaired) electrons. The number of benzene rings is 2. The van der Waals surface area contributed by atoms with Crippen molar-refractivity contribution in [2.24, 2.45) is 7.05 Å². The second kappa shape index (κ2) is 8.57. The molecule has 0 saturated heterocycles. The lowest BCUT2D eigenvalue weighted by atomic mass is 10.0. The van der Waals surface area contributed by atoms with E-state index in [0.717, 1.165) is 33.9 Å². The highest BCUT2D eigenvalue weighted by Gasteiger charge is 2.33. The maximum Gasteiger partial charge on any atom is 0.435 e. The molecule has 33 heavy (non-hydrogen) atoms.